The normalized spacial score (nSPS) is 13.0. The number of anilines is 1. The molecule has 1 aliphatic rings. The van der Waals surface area contributed by atoms with Crippen LogP contribution in [-0.4, -0.2) is 18.3 Å². The molecule has 1 aliphatic heterocycles. The standard InChI is InChI=1S/C13H14N2O2/c1-2-4-14-10-3-5-15-11-7-13-12(6-9(10)11)16-8-17-13/h3,5-7H,2,4,8H2,1H3,(H,14,15). The number of hydrogen-bond acceptors (Lipinski definition) is 4. The predicted molar refractivity (Wildman–Crippen MR) is 66.6 cm³/mol. The Labute approximate surface area is 99.6 Å². The molecule has 0 bridgehead atoms. The lowest BCUT2D eigenvalue weighted by Gasteiger charge is -2.08. The first-order chi connectivity index (χ1) is 8.38. The van der Waals surface area contributed by atoms with Gasteiger partial charge >= 0.3 is 0 Å². The average molecular weight is 230 g/mol. The fourth-order valence-corrected chi connectivity index (χ4v) is 1.95. The molecule has 0 radical (unpaired) electrons. The van der Waals surface area contributed by atoms with Crippen LogP contribution in [0.15, 0.2) is 24.4 Å². The van der Waals surface area contributed by atoms with E-state index in [1.54, 1.807) is 0 Å². The zero-order valence-electron chi connectivity index (χ0n) is 9.69. The van der Waals surface area contributed by atoms with Crippen molar-refractivity contribution >= 4 is 16.6 Å². The van der Waals surface area contributed by atoms with Crippen LogP contribution in [0.5, 0.6) is 11.5 Å². The maximum absolute atomic E-state index is 5.39. The topological polar surface area (TPSA) is 43.4 Å². The number of benzene rings is 1. The summed E-state index contributed by atoms with van der Waals surface area (Å²) in [6.07, 6.45) is 2.90. The van der Waals surface area contributed by atoms with E-state index in [-0.39, 0.29) is 0 Å². The Hall–Kier alpha value is -1.97. The second kappa shape index (κ2) is 4.13. The maximum Gasteiger partial charge on any atom is 0.231 e. The second-order valence-electron chi connectivity index (χ2n) is 4.01. The zero-order valence-corrected chi connectivity index (χ0v) is 9.69. The number of nitrogens with zero attached hydrogens (tertiary/aromatic N) is 1. The third kappa shape index (κ3) is 1.75. The molecule has 0 atom stereocenters. The zero-order chi connectivity index (χ0) is 11.7. The van der Waals surface area contributed by atoms with E-state index in [2.05, 4.69) is 17.2 Å². The summed E-state index contributed by atoms with van der Waals surface area (Å²) in [7, 11) is 0. The third-order valence-corrected chi connectivity index (χ3v) is 2.80. The summed E-state index contributed by atoms with van der Waals surface area (Å²) < 4.78 is 10.7. The number of rotatable bonds is 3. The van der Waals surface area contributed by atoms with E-state index in [4.69, 9.17) is 9.47 Å². The Morgan fingerprint density at radius 2 is 2.12 bits per heavy atom. The fraction of sp³-hybridized carbons (Fsp3) is 0.308. The first-order valence-electron chi connectivity index (χ1n) is 5.80. The van der Waals surface area contributed by atoms with Gasteiger partial charge in [0, 0.05) is 29.9 Å². The third-order valence-electron chi connectivity index (χ3n) is 2.80. The minimum absolute atomic E-state index is 0.295. The van der Waals surface area contributed by atoms with Crippen molar-refractivity contribution < 1.29 is 9.47 Å². The molecule has 0 amide bonds. The van der Waals surface area contributed by atoms with Gasteiger partial charge in [-0.2, -0.15) is 0 Å². The summed E-state index contributed by atoms with van der Waals surface area (Å²) in [5.41, 5.74) is 2.02. The summed E-state index contributed by atoms with van der Waals surface area (Å²) >= 11 is 0. The number of hydrogen-bond donors (Lipinski definition) is 1. The van der Waals surface area contributed by atoms with Gasteiger partial charge in [0.25, 0.3) is 0 Å². The van der Waals surface area contributed by atoms with E-state index in [0.717, 1.165) is 41.1 Å². The Morgan fingerprint density at radius 1 is 1.29 bits per heavy atom. The first-order valence-corrected chi connectivity index (χ1v) is 5.80. The van der Waals surface area contributed by atoms with Crippen LogP contribution in [0.3, 0.4) is 0 Å². The summed E-state index contributed by atoms with van der Waals surface area (Å²) in [4.78, 5) is 4.35. The maximum atomic E-state index is 5.39. The van der Waals surface area contributed by atoms with E-state index in [9.17, 15) is 0 Å². The van der Waals surface area contributed by atoms with Crippen LogP contribution in [0, 0.1) is 0 Å². The number of aromatic nitrogens is 1. The van der Waals surface area contributed by atoms with Crippen LogP contribution in [0.4, 0.5) is 5.69 Å². The number of fused-ring (bicyclic) bond motifs is 2. The molecule has 0 aliphatic carbocycles. The molecular weight excluding hydrogens is 216 g/mol. The molecule has 1 aromatic heterocycles. The summed E-state index contributed by atoms with van der Waals surface area (Å²) in [6, 6.07) is 5.90. The van der Waals surface area contributed by atoms with E-state index >= 15 is 0 Å². The Balaban J connectivity index is 2.11. The van der Waals surface area contributed by atoms with Crippen molar-refractivity contribution in [1.29, 1.82) is 0 Å². The second-order valence-corrected chi connectivity index (χ2v) is 4.01. The molecule has 2 heterocycles. The van der Waals surface area contributed by atoms with Gasteiger partial charge in [0.1, 0.15) is 0 Å². The molecule has 1 N–H and O–H groups in total. The molecule has 0 spiro atoms. The smallest absolute Gasteiger partial charge is 0.231 e. The minimum Gasteiger partial charge on any atom is -0.454 e. The monoisotopic (exact) mass is 230 g/mol. The molecule has 0 saturated carbocycles. The predicted octanol–water partition coefficient (Wildman–Crippen LogP) is 2.79. The van der Waals surface area contributed by atoms with E-state index in [1.807, 2.05) is 24.4 Å². The van der Waals surface area contributed by atoms with Gasteiger partial charge in [0.15, 0.2) is 11.5 Å². The first kappa shape index (κ1) is 10.2. The van der Waals surface area contributed by atoms with Gasteiger partial charge in [-0.25, -0.2) is 0 Å². The number of ether oxygens (including phenoxy) is 2. The van der Waals surface area contributed by atoms with Crippen LogP contribution >= 0.6 is 0 Å². The lowest BCUT2D eigenvalue weighted by molar-refractivity contribution is 0.174. The van der Waals surface area contributed by atoms with Crippen molar-refractivity contribution in [1.82, 2.24) is 4.98 Å². The van der Waals surface area contributed by atoms with Crippen LogP contribution < -0.4 is 14.8 Å². The highest BCUT2D eigenvalue weighted by Crippen LogP contribution is 2.37. The van der Waals surface area contributed by atoms with Crippen molar-refractivity contribution in [3.63, 3.8) is 0 Å². The molecule has 0 unspecified atom stereocenters. The molecular formula is C13H14N2O2. The van der Waals surface area contributed by atoms with Crippen LogP contribution in [0.25, 0.3) is 10.9 Å². The Kier molecular flexibility index (Phi) is 2.48. The van der Waals surface area contributed by atoms with Gasteiger partial charge in [-0.3, -0.25) is 4.98 Å². The number of nitrogens with one attached hydrogen (secondary N) is 1. The molecule has 88 valence electrons. The van der Waals surface area contributed by atoms with E-state index in [1.165, 1.54) is 0 Å². The summed E-state index contributed by atoms with van der Waals surface area (Å²) in [5.74, 6) is 1.57. The molecule has 4 nitrogen and oxygen atoms in total. The van der Waals surface area contributed by atoms with Crippen LogP contribution in [-0.2, 0) is 0 Å². The highest BCUT2D eigenvalue weighted by molar-refractivity contribution is 5.93. The van der Waals surface area contributed by atoms with Gasteiger partial charge in [0.2, 0.25) is 6.79 Å². The highest BCUT2D eigenvalue weighted by Gasteiger charge is 2.15. The average Bonchev–Trinajstić information content (AvgIpc) is 2.80. The Morgan fingerprint density at radius 3 is 2.94 bits per heavy atom. The van der Waals surface area contributed by atoms with Crippen molar-refractivity contribution in [3.05, 3.63) is 24.4 Å². The molecule has 2 aromatic rings. The molecule has 0 fully saturated rings. The van der Waals surface area contributed by atoms with Crippen molar-refractivity contribution in [2.75, 3.05) is 18.7 Å². The minimum atomic E-state index is 0.295. The van der Waals surface area contributed by atoms with Crippen molar-refractivity contribution in [3.8, 4) is 11.5 Å². The summed E-state index contributed by atoms with van der Waals surface area (Å²) in [6.45, 7) is 3.39. The van der Waals surface area contributed by atoms with Crippen molar-refractivity contribution in [2.45, 2.75) is 13.3 Å². The molecule has 1 aromatic carbocycles. The molecule has 3 rings (SSSR count). The largest absolute Gasteiger partial charge is 0.454 e. The van der Waals surface area contributed by atoms with E-state index < -0.39 is 0 Å². The molecule has 0 saturated heterocycles. The molecule has 4 heteroatoms. The highest BCUT2D eigenvalue weighted by atomic mass is 16.7. The van der Waals surface area contributed by atoms with Gasteiger partial charge in [-0.15, -0.1) is 0 Å². The van der Waals surface area contributed by atoms with Gasteiger partial charge in [-0.05, 0) is 18.6 Å². The van der Waals surface area contributed by atoms with Crippen molar-refractivity contribution in [2.24, 2.45) is 0 Å². The van der Waals surface area contributed by atoms with Gasteiger partial charge in [-0.1, -0.05) is 6.92 Å². The fourth-order valence-electron chi connectivity index (χ4n) is 1.95. The lowest BCUT2D eigenvalue weighted by atomic mass is 10.1. The number of pyridine rings is 1. The SMILES string of the molecule is CCCNc1ccnc2cc3c(cc12)OCO3. The molecule has 17 heavy (non-hydrogen) atoms. The summed E-state index contributed by atoms with van der Waals surface area (Å²) in [5, 5.41) is 4.47. The van der Waals surface area contributed by atoms with Crippen LogP contribution in [0.2, 0.25) is 0 Å². The van der Waals surface area contributed by atoms with Crippen LogP contribution in [0.1, 0.15) is 13.3 Å². The van der Waals surface area contributed by atoms with Gasteiger partial charge in [0.05, 0.1) is 5.52 Å². The lowest BCUT2D eigenvalue weighted by Crippen LogP contribution is -2.00. The van der Waals surface area contributed by atoms with Gasteiger partial charge < -0.3 is 14.8 Å². The quantitative estimate of drug-likeness (QED) is 0.880. The van der Waals surface area contributed by atoms with E-state index in [0.29, 0.717) is 6.79 Å². The Bertz CT molecular complexity index is 554.